The summed E-state index contributed by atoms with van der Waals surface area (Å²) >= 11 is 6.63. The van der Waals surface area contributed by atoms with E-state index in [9.17, 15) is 0 Å². The Morgan fingerprint density at radius 2 is 1.84 bits per heavy atom. The number of nitrogens with zero attached hydrogens (tertiary/aromatic N) is 5. The van der Waals surface area contributed by atoms with Crippen LogP contribution in [0.15, 0.2) is 42.6 Å². The third-order valence-corrected chi connectivity index (χ3v) is 10.6. The van der Waals surface area contributed by atoms with Crippen LogP contribution in [0.25, 0.3) is 32.9 Å². The van der Waals surface area contributed by atoms with Crippen LogP contribution in [0.3, 0.4) is 0 Å². The van der Waals surface area contributed by atoms with E-state index in [1.165, 1.54) is 0 Å². The molecule has 4 aliphatic rings. The Bertz CT molecular complexity index is 1740. The number of nitrogens with one attached hydrogen (secondary N) is 1. The maximum absolute atomic E-state index is 16.7. The summed E-state index contributed by atoms with van der Waals surface area (Å²) in [4.78, 5) is 18.9. The highest BCUT2D eigenvalue weighted by Crippen LogP contribution is 2.45. The Labute approximate surface area is 260 Å². The highest BCUT2D eigenvalue weighted by atomic mass is 35.5. The van der Waals surface area contributed by atoms with E-state index in [4.69, 9.17) is 35.8 Å². The Balaban J connectivity index is 1.22. The molecule has 0 aliphatic carbocycles. The maximum Gasteiger partial charge on any atom is 0.319 e. The second-order valence-corrected chi connectivity index (χ2v) is 13.1. The van der Waals surface area contributed by atoms with Crippen LogP contribution < -0.4 is 15.0 Å². The molecule has 44 heavy (non-hydrogen) atoms. The van der Waals surface area contributed by atoms with Gasteiger partial charge in [-0.2, -0.15) is 9.97 Å². The molecule has 9 nitrogen and oxygen atoms in total. The van der Waals surface area contributed by atoms with Crippen molar-refractivity contribution in [3.8, 4) is 17.3 Å². The van der Waals surface area contributed by atoms with Crippen molar-refractivity contribution in [1.82, 2.24) is 25.2 Å². The smallest absolute Gasteiger partial charge is 0.319 e. The van der Waals surface area contributed by atoms with Gasteiger partial charge in [0.2, 0.25) is 0 Å². The summed E-state index contributed by atoms with van der Waals surface area (Å²) in [5.41, 5.74) is 0.756. The molecular formula is C33H36ClFN6O3. The number of methoxy groups -OCH3 is 2. The van der Waals surface area contributed by atoms with Crippen molar-refractivity contribution in [3.05, 3.63) is 53.4 Å². The second-order valence-electron chi connectivity index (χ2n) is 12.7. The predicted molar refractivity (Wildman–Crippen MR) is 168 cm³/mol. The van der Waals surface area contributed by atoms with Gasteiger partial charge in [-0.25, -0.2) is 4.39 Å². The van der Waals surface area contributed by atoms with E-state index in [0.29, 0.717) is 53.4 Å². The molecule has 2 aromatic carbocycles. The molecule has 3 atom stereocenters. The lowest BCUT2D eigenvalue weighted by Crippen LogP contribution is -2.51. The van der Waals surface area contributed by atoms with Gasteiger partial charge in [0.25, 0.3) is 0 Å². The second kappa shape index (κ2) is 10.7. The molecule has 230 valence electrons. The molecule has 1 unspecified atom stereocenters. The van der Waals surface area contributed by atoms with Crippen LogP contribution in [0.5, 0.6) is 6.01 Å². The fourth-order valence-electron chi connectivity index (χ4n) is 8.04. The van der Waals surface area contributed by atoms with Crippen molar-refractivity contribution >= 4 is 39.1 Å². The lowest BCUT2D eigenvalue weighted by Gasteiger charge is -2.34. The third kappa shape index (κ3) is 4.53. The Morgan fingerprint density at radius 1 is 1.07 bits per heavy atom. The van der Waals surface area contributed by atoms with Gasteiger partial charge in [0, 0.05) is 68.0 Å². The van der Waals surface area contributed by atoms with Crippen LogP contribution in [0.2, 0.25) is 5.02 Å². The van der Waals surface area contributed by atoms with Gasteiger partial charge in [-0.15, -0.1) is 0 Å². The first-order chi connectivity index (χ1) is 21.4. The number of rotatable bonds is 7. The summed E-state index contributed by atoms with van der Waals surface area (Å²) in [7, 11) is 3.38. The van der Waals surface area contributed by atoms with Crippen LogP contribution >= 0.6 is 11.6 Å². The average molecular weight is 619 g/mol. The lowest BCUT2D eigenvalue weighted by molar-refractivity contribution is -0.198. The van der Waals surface area contributed by atoms with Crippen LogP contribution in [0.4, 0.5) is 10.2 Å². The van der Waals surface area contributed by atoms with Crippen LogP contribution in [-0.4, -0.2) is 90.3 Å². The van der Waals surface area contributed by atoms with Crippen molar-refractivity contribution in [1.29, 1.82) is 0 Å². The molecule has 0 amide bonds. The quantitative estimate of drug-likeness (QED) is 0.282. The van der Waals surface area contributed by atoms with Gasteiger partial charge in [0.1, 0.15) is 23.6 Å². The molecule has 0 saturated carbocycles. The van der Waals surface area contributed by atoms with Gasteiger partial charge in [-0.05, 0) is 43.7 Å². The van der Waals surface area contributed by atoms with Crippen LogP contribution in [0, 0.1) is 5.82 Å². The molecule has 1 N–H and O–H groups in total. The van der Waals surface area contributed by atoms with Gasteiger partial charge in [0.05, 0.1) is 17.5 Å². The third-order valence-electron chi connectivity index (χ3n) is 10.3. The van der Waals surface area contributed by atoms with Crippen LogP contribution in [-0.2, 0) is 9.47 Å². The van der Waals surface area contributed by atoms with E-state index in [1.54, 1.807) is 20.4 Å². The summed E-state index contributed by atoms with van der Waals surface area (Å²) in [6.07, 6.45) is 6.63. The number of piperazine rings is 1. The molecule has 4 aromatic rings. The Hall–Kier alpha value is -3.15. The summed E-state index contributed by atoms with van der Waals surface area (Å²) in [6, 6.07) is 12.3. The van der Waals surface area contributed by atoms with E-state index in [0.717, 1.165) is 56.1 Å². The van der Waals surface area contributed by atoms with Crippen molar-refractivity contribution in [2.75, 3.05) is 51.9 Å². The SMILES string of the molecule is COC1(OC)CN2CCCC2(COc2nc(N3C[C@H]4CC[C@@H](C3)N4)c3cnc(-c4cccc5cccc(Cl)c45)c(F)c3n2)C1. The van der Waals surface area contributed by atoms with Gasteiger partial charge in [-0.3, -0.25) is 9.88 Å². The summed E-state index contributed by atoms with van der Waals surface area (Å²) in [6.45, 7) is 3.55. The molecule has 4 saturated heterocycles. The fourth-order valence-corrected chi connectivity index (χ4v) is 8.32. The first-order valence-electron chi connectivity index (χ1n) is 15.4. The van der Waals surface area contributed by atoms with E-state index in [2.05, 4.69) is 20.1 Å². The monoisotopic (exact) mass is 618 g/mol. The highest BCUT2D eigenvalue weighted by Gasteiger charge is 2.56. The summed E-state index contributed by atoms with van der Waals surface area (Å²) < 4.78 is 34.8. The molecule has 2 aromatic heterocycles. The molecule has 4 fully saturated rings. The minimum Gasteiger partial charge on any atom is -0.461 e. The lowest BCUT2D eigenvalue weighted by atomic mass is 9.93. The van der Waals surface area contributed by atoms with E-state index in [1.807, 2.05) is 36.4 Å². The van der Waals surface area contributed by atoms with Crippen molar-refractivity contribution < 1.29 is 18.6 Å². The number of halogens is 2. The number of anilines is 1. The predicted octanol–water partition coefficient (Wildman–Crippen LogP) is 5.18. The first-order valence-corrected chi connectivity index (χ1v) is 15.8. The molecule has 4 aliphatic heterocycles. The summed E-state index contributed by atoms with van der Waals surface area (Å²) in [5.74, 6) is -0.528. The number of ether oxygens (including phenoxy) is 3. The van der Waals surface area contributed by atoms with E-state index >= 15 is 4.39 Å². The molecule has 0 spiro atoms. The van der Waals surface area contributed by atoms with Gasteiger partial charge >= 0.3 is 6.01 Å². The fraction of sp³-hybridized carbons (Fsp3) is 0.485. The van der Waals surface area contributed by atoms with Gasteiger partial charge in [0.15, 0.2) is 11.6 Å². The molecule has 2 bridgehead atoms. The zero-order chi connectivity index (χ0) is 30.1. The van der Waals surface area contributed by atoms with E-state index < -0.39 is 11.6 Å². The maximum atomic E-state index is 16.7. The van der Waals surface area contributed by atoms with Gasteiger partial charge < -0.3 is 24.4 Å². The minimum absolute atomic E-state index is 0.166. The molecule has 8 rings (SSSR count). The van der Waals surface area contributed by atoms with Crippen molar-refractivity contribution in [3.63, 3.8) is 0 Å². The molecule has 11 heteroatoms. The first kappa shape index (κ1) is 28.3. The van der Waals surface area contributed by atoms with Crippen molar-refractivity contribution in [2.45, 2.75) is 55.5 Å². The number of hydrogen-bond donors (Lipinski definition) is 1. The van der Waals surface area contributed by atoms with Gasteiger partial charge in [-0.1, -0.05) is 41.9 Å². The Morgan fingerprint density at radius 3 is 2.61 bits per heavy atom. The number of fused-ring (bicyclic) bond motifs is 5. The zero-order valence-electron chi connectivity index (χ0n) is 25.0. The highest BCUT2D eigenvalue weighted by molar-refractivity contribution is 6.36. The van der Waals surface area contributed by atoms with Crippen LogP contribution in [0.1, 0.15) is 32.1 Å². The topological polar surface area (TPSA) is 84.9 Å². The van der Waals surface area contributed by atoms with Crippen molar-refractivity contribution in [2.24, 2.45) is 0 Å². The molecule has 6 heterocycles. The number of aromatic nitrogens is 3. The number of hydrogen-bond acceptors (Lipinski definition) is 9. The zero-order valence-corrected chi connectivity index (χ0v) is 25.7. The Kier molecular flexibility index (Phi) is 6.91. The number of pyridine rings is 1. The number of benzene rings is 2. The molecular weight excluding hydrogens is 583 g/mol. The van der Waals surface area contributed by atoms with E-state index in [-0.39, 0.29) is 22.8 Å². The minimum atomic E-state index is -0.675. The standard InChI is InChI=1S/C33H36ClFN6O3/c1-42-33(43-2)17-32(12-5-13-41(32)18-33)19-44-31-38-29-24(30(39-31)40-15-21-10-11-22(16-40)37-21)14-36-28(27(29)35)23-8-3-6-20-7-4-9-25(34)26(20)23/h3-4,6-9,14,21-22,37H,5,10-13,15-19H2,1-2H3/t21-,22+,32?. The molecule has 0 radical (unpaired) electrons. The largest absolute Gasteiger partial charge is 0.461 e. The average Bonchev–Trinajstić information content (AvgIpc) is 3.69. The normalized spacial score (nSPS) is 26.1. The summed E-state index contributed by atoms with van der Waals surface area (Å²) in [5, 5.41) is 6.47.